The second-order valence-corrected chi connectivity index (χ2v) is 8.55. The smallest absolute Gasteiger partial charge is 0.465 e. The van der Waals surface area contributed by atoms with Crippen molar-refractivity contribution in [1.82, 2.24) is 4.90 Å². The second-order valence-electron chi connectivity index (χ2n) is 8.55. The summed E-state index contributed by atoms with van der Waals surface area (Å²) in [5, 5.41) is 9.06. The van der Waals surface area contributed by atoms with Crippen LogP contribution < -0.4 is 4.90 Å². The number of methoxy groups -OCH3 is 1. The first-order chi connectivity index (χ1) is 17.7. The lowest BCUT2D eigenvalue weighted by atomic mass is 9.80. The van der Waals surface area contributed by atoms with Crippen LogP contribution in [-0.2, 0) is 20.9 Å². The third-order valence-electron chi connectivity index (χ3n) is 6.48. The lowest BCUT2D eigenvalue weighted by molar-refractivity contribution is -0.171. The van der Waals surface area contributed by atoms with Gasteiger partial charge in [0.1, 0.15) is 6.61 Å². The van der Waals surface area contributed by atoms with Crippen molar-refractivity contribution >= 4 is 23.7 Å². The predicted octanol–water partition coefficient (Wildman–Crippen LogP) is 4.53. The number of hydrogen-bond donors (Lipinski definition) is 0. The normalized spacial score (nSPS) is 20.7. The van der Waals surface area contributed by atoms with E-state index in [1.807, 2.05) is 6.07 Å². The summed E-state index contributed by atoms with van der Waals surface area (Å²) >= 11 is 0. The molecule has 0 saturated carbocycles. The van der Waals surface area contributed by atoms with E-state index >= 15 is 0 Å². The Balaban J connectivity index is 1.79. The van der Waals surface area contributed by atoms with E-state index in [9.17, 15) is 27.6 Å². The molecule has 0 aromatic heterocycles. The van der Waals surface area contributed by atoms with Crippen LogP contribution in [0.15, 0.2) is 60.7 Å². The molecule has 0 bridgehead atoms. The molecule has 1 fully saturated rings. The number of nitrogens with zero attached hydrogens (tertiary/aromatic N) is 3. The number of carbonyl (C=O) groups is 3. The molecule has 0 aliphatic carbocycles. The van der Waals surface area contributed by atoms with Gasteiger partial charge < -0.3 is 14.4 Å². The van der Waals surface area contributed by atoms with Crippen LogP contribution >= 0.6 is 0 Å². The zero-order valence-electron chi connectivity index (χ0n) is 19.6. The van der Waals surface area contributed by atoms with E-state index in [2.05, 4.69) is 0 Å². The molecule has 1 saturated heterocycles. The monoisotopic (exact) mass is 513 g/mol. The van der Waals surface area contributed by atoms with Crippen LogP contribution in [0.5, 0.6) is 0 Å². The highest BCUT2D eigenvalue weighted by Gasteiger charge is 2.54. The highest BCUT2D eigenvalue weighted by molar-refractivity contribution is 6.00. The third-order valence-corrected chi connectivity index (χ3v) is 6.48. The number of fused-ring (bicyclic) bond motifs is 3. The van der Waals surface area contributed by atoms with Crippen molar-refractivity contribution < 1.29 is 37.0 Å². The summed E-state index contributed by atoms with van der Waals surface area (Å²) in [6.45, 7) is 0.120. The van der Waals surface area contributed by atoms with Gasteiger partial charge in [-0.25, -0.2) is 9.59 Å². The number of halogens is 3. The van der Waals surface area contributed by atoms with Crippen LogP contribution in [0.3, 0.4) is 0 Å². The molecule has 0 unspecified atom stereocenters. The SMILES string of the molecule is COC(=O)c1ccc2c(c1)[C@@H]1[C@@H](CCN1C(=O)OCc1ccccc1)[C@H](/C=C\C#N)N2C(=O)C(F)(F)F. The largest absolute Gasteiger partial charge is 0.471 e. The summed E-state index contributed by atoms with van der Waals surface area (Å²) in [6, 6.07) is 12.5. The molecule has 3 atom stereocenters. The van der Waals surface area contributed by atoms with Crippen LogP contribution in [0.4, 0.5) is 23.7 Å². The Labute approximate surface area is 210 Å². The maximum Gasteiger partial charge on any atom is 0.471 e. The summed E-state index contributed by atoms with van der Waals surface area (Å²) in [7, 11) is 1.16. The average Bonchev–Trinajstić information content (AvgIpc) is 3.34. The molecule has 8 nitrogen and oxygen atoms in total. The summed E-state index contributed by atoms with van der Waals surface area (Å²) in [5.74, 6) is -3.54. The van der Waals surface area contributed by atoms with Crippen molar-refractivity contribution in [2.24, 2.45) is 5.92 Å². The number of anilines is 1. The Bertz CT molecular complexity index is 1270. The maximum atomic E-state index is 13.7. The van der Waals surface area contributed by atoms with Gasteiger partial charge in [-0.05, 0) is 35.7 Å². The predicted molar refractivity (Wildman–Crippen MR) is 124 cm³/mol. The van der Waals surface area contributed by atoms with Gasteiger partial charge in [-0.3, -0.25) is 9.69 Å². The number of rotatable bonds is 4. The number of likely N-dealkylation sites (tertiary alicyclic amines) is 1. The summed E-state index contributed by atoms with van der Waals surface area (Å²) in [5.41, 5.74) is 0.864. The molecule has 0 spiro atoms. The van der Waals surface area contributed by atoms with Gasteiger partial charge in [0.05, 0.1) is 30.8 Å². The van der Waals surface area contributed by atoms with Crippen molar-refractivity contribution in [3.8, 4) is 6.07 Å². The second kappa shape index (κ2) is 10.3. The molecule has 2 aromatic carbocycles. The van der Waals surface area contributed by atoms with E-state index in [-0.39, 0.29) is 36.4 Å². The number of hydrogen-bond acceptors (Lipinski definition) is 6. The average molecular weight is 513 g/mol. The number of ether oxygens (including phenoxy) is 2. The van der Waals surface area contributed by atoms with E-state index in [1.165, 1.54) is 29.2 Å². The highest BCUT2D eigenvalue weighted by Crippen LogP contribution is 2.50. The van der Waals surface area contributed by atoms with E-state index in [0.29, 0.717) is 4.90 Å². The fraction of sp³-hybridized carbons (Fsp3) is 0.308. The number of alkyl halides is 3. The number of esters is 1. The minimum atomic E-state index is -5.20. The lowest BCUT2D eigenvalue weighted by Gasteiger charge is -2.44. The number of benzene rings is 2. The van der Waals surface area contributed by atoms with Crippen molar-refractivity contribution in [2.45, 2.75) is 31.3 Å². The Morgan fingerprint density at radius 3 is 2.54 bits per heavy atom. The molecule has 2 amide bonds. The van der Waals surface area contributed by atoms with Crippen molar-refractivity contribution in [2.75, 3.05) is 18.6 Å². The zero-order chi connectivity index (χ0) is 26.7. The molecule has 2 aliphatic rings. The van der Waals surface area contributed by atoms with Crippen LogP contribution in [0.25, 0.3) is 0 Å². The molecule has 2 aliphatic heterocycles. The van der Waals surface area contributed by atoms with Crippen LogP contribution in [-0.4, -0.2) is 48.7 Å². The number of amides is 2. The van der Waals surface area contributed by atoms with E-state index in [4.69, 9.17) is 14.7 Å². The minimum Gasteiger partial charge on any atom is -0.465 e. The molecule has 0 radical (unpaired) electrons. The van der Waals surface area contributed by atoms with E-state index < -0.39 is 42.1 Å². The van der Waals surface area contributed by atoms with Gasteiger partial charge in [-0.2, -0.15) is 18.4 Å². The standard InChI is InChI=1S/C26H22F3N3O5/c1-36-23(33)17-9-10-21-19(14-17)22-18(20(8-5-12-30)32(21)24(34)26(27,28)29)11-13-31(22)25(35)37-15-16-6-3-2-4-7-16/h2-10,14,18,20,22H,11,13,15H2,1H3/b8-5-/t18-,20-,22-/m0/s1. The maximum absolute atomic E-state index is 13.7. The van der Waals surface area contributed by atoms with Gasteiger partial charge >= 0.3 is 24.1 Å². The molecular weight excluding hydrogens is 491 g/mol. The summed E-state index contributed by atoms with van der Waals surface area (Å²) < 4.78 is 51.2. The van der Waals surface area contributed by atoms with Gasteiger partial charge in [0.15, 0.2) is 0 Å². The van der Waals surface area contributed by atoms with Crippen LogP contribution in [0.2, 0.25) is 0 Å². The molecule has 192 valence electrons. The molecule has 2 aromatic rings. The molecule has 4 rings (SSSR count). The number of allylic oxidation sites excluding steroid dienone is 1. The van der Waals surface area contributed by atoms with Gasteiger partial charge in [0, 0.05) is 24.2 Å². The fourth-order valence-corrected chi connectivity index (χ4v) is 4.94. The Hall–Kier alpha value is -4.33. The first-order valence-corrected chi connectivity index (χ1v) is 11.3. The first-order valence-electron chi connectivity index (χ1n) is 11.3. The molecule has 2 heterocycles. The quantitative estimate of drug-likeness (QED) is 0.440. The Kier molecular flexibility index (Phi) is 7.20. The molecule has 11 heteroatoms. The van der Waals surface area contributed by atoms with E-state index in [0.717, 1.165) is 18.7 Å². The summed E-state index contributed by atoms with van der Waals surface area (Å²) in [6.07, 6.45) is -3.41. The zero-order valence-corrected chi connectivity index (χ0v) is 19.6. The first kappa shape index (κ1) is 25.8. The van der Waals surface area contributed by atoms with Crippen molar-refractivity contribution in [3.63, 3.8) is 0 Å². The molecular formula is C26H22F3N3O5. The van der Waals surface area contributed by atoms with Gasteiger partial charge in [-0.15, -0.1) is 0 Å². The van der Waals surface area contributed by atoms with Gasteiger partial charge in [0.25, 0.3) is 0 Å². The molecule has 37 heavy (non-hydrogen) atoms. The van der Waals surface area contributed by atoms with Crippen LogP contribution in [0, 0.1) is 17.2 Å². The fourth-order valence-electron chi connectivity index (χ4n) is 4.94. The van der Waals surface area contributed by atoms with Crippen LogP contribution in [0.1, 0.15) is 33.9 Å². The highest BCUT2D eigenvalue weighted by atomic mass is 19.4. The number of nitriles is 1. The lowest BCUT2D eigenvalue weighted by Crippen LogP contribution is -2.54. The topological polar surface area (TPSA) is 99.9 Å². The number of carbonyl (C=O) groups excluding carboxylic acids is 3. The van der Waals surface area contributed by atoms with Gasteiger partial charge in [0.2, 0.25) is 0 Å². The van der Waals surface area contributed by atoms with Gasteiger partial charge in [-0.1, -0.05) is 36.4 Å². The Morgan fingerprint density at radius 1 is 1.16 bits per heavy atom. The third kappa shape index (κ3) is 5.00. The van der Waals surface area contributed by atoms with Crippen molar-refractivity contribution in [3.05, 3.63) is 77.4 Å². The Morgan fingerprint density at radius 2 is 1.89 bits per heavy atom. The molecule has 0 N–H and O–H groups in total. The van der Waals surface area contributed by atoms with Crippen molar-refractivity contribution in [1.29, 1.82) is 5.26 Å². The summed E-state index contributed by atoms with van der Waals surface area (Å²) in [4.78, 5) is 39.9. The van der Waals surface area contributed by atoms with E-state index in [1.54, 1.807) is 30.3 Å². The minimum absolute atomic E-state index is 0.0148.